The van der Waals surface area contributed by atoms with Crippen molar-refractivity contribution in [2.75, 3.05) is 20.1 Å². The highest BCUT2D eigenvalue weighted by Gasteiger charge is 2.26. The second kappa shape index (κ2) is 6.12. The van der Waals surface area contributed by atoms with Crippen molar-refractivity contribution < 1.29 is 9.72 Å². The number of nitrogens with one attached hydrogen (secondary N) is 1. The fourth-order valence-electron chi connectivity index (χ4n) is 1.85. The summed E-state index contributed by atoms with van der Waals surface area (Å²) >= 11 is 0.926. The Kier molecular flexibility index (Phi) is 5.06. The number of rotatable bonds is 3. The number of halogens is 1. The van der Waals surface area contributed by atoms with Crippen molar-refractivity contribution in [3.63, 3.8) is 0 Å². The van der Waals surface area contributed by atoms with Crippen molar-refractivity contribution in [1.29, 1.82) is 0 Å². The number of nitro groups is 1. The summed E-state index contributed by atoms with van der Waals surface area (Å²) in [7, 11) is 1.74. The number of carbonyl (C=O) groups excluding carboxylic acids is 1. The van der Waals surface area contributed by atoms with E-state index in [0.717, 1.165) is 30.8 Å². The molecule has 1 aromatic rings. The molecular weight excluding hydrogens is 278 g/mol. The molecule has 0 bridgehead atoms. The highest BCUT2D eigenvalue weighted by atomic mass is 35.5. The average molecular weight is 292 g/mol. The monoisotopic (exact) mass is 291 g/mol. The lowest BCUT2D eigenvalue weighted by molar-refractivity contribution is -0.380. The van der Waals surface area contributed by atoms with Crippen molar-refractivity contribution in [2.24, 2.45) is 0 Å². The largest absolute Gasteiger partial charge is 0.337 e. The SMILES string of the molecule is CN(C(=O)c1ccc([N+](=O)[O-])s1)C1CCNC1.Cl. The molecule has 0 aliphatic carbocycles. The van der Waals surface area contributed by atoms with E-state index in [2.05, 4.69) is 5.32 Å². The molecule has 0 radical (unpaired) electrons. The Morgan fingerprint density at radius 2 is 2.33 bits per heavy atom. The van der Waals surface area contributed by atoms with Crippen LogP contribution in [0, 0.1) is 10.1 Å². The highest BCUT2D eigenvalue weighted by Crippen LogP contribution is 2.25. The summed E-state index contributed by atoms with van der Waals surface area (Å²) in [4.78, 5) is 24.2. The summed E-state index contributed by atoms with van der Waals surface area (Å²) < 4.78 is 0. The maximum atomic E-state index is 12.1. The second-order valence-corrected chi connectivity index (χ2v) is 5.02. The van der Waals surface area contributed by atoms with Crippen LogP contribution in [0.2, 0.25) is 0 Å². The van der Waals surface area contributed by atoms with Crippen LogP contribution in [0.3, 0.4) is 0 Å². The van der Waals surface area contributed by atoms with Crippen LogP contribution in [0.15, 0.2) is 12.1 Å². The van der Waals surface area contributed by atoms with Gasteiger partial charge in [-0.1, -0.05) is 11.3 Å². The lowest BCUT2D eigenvalue weighted by atomic mass is 10.2. The number of amides is 1. The molecule has 1 aliphatic heterocycles. The first kappa shape index (κ1) is 14.9. The fraction of sp³-hybridized carbons (Fsp3) is 0.500. The Hall–Kier alpha value is -1.18. The van der Waals surface area contributed by atoms with E-state index < -0.39 is 4.92 Å². The molecule has 0 saturated carbocycles. The zero-order valence-electron chi connectivity index (χ0n) is 9.79. The standard InChI is InChI=1S/C10H13N3O3S.ClH/c1-12(7-4-5-11-6-7)10(14)8-2-3-9(17-8)13(15)16;/h2-3,7,11H,4-6H2,1H3;1H. The first-order chi connectivity index (χ1) is 8.09. The van der Waals surface area contributed by atoms with Crippen LogP contribution in [0.4, 0.5) is 5.00 Å². The topological polar surface area (TPSA) is 75.5 Å². The molecule has 1 amide bonds. The Labute approximate surface area is 115 Å². The molecule has 1 aromatic heterocycles. The molecule has 0 aromatic carbocycles. The van der Waals surface area contributed by atoms with Crippen molar-refractivity contribution >= 4 is 34.7 Å². The quantitative estimate of drug-likeness (QED) is 0.676. The maximum absolute atomic E-state index is 12.1. The van der Waals surface area contributed by atoms with Crippen molar-refractivity contribution in [3.05, 3.63) is 27.1 Å². The predicted molar refractivity (Wildman–Crippen MR) is 71.6 cm³/mol. The summed E-state index contributed by atoms with van der Waals surface area (Å²) in [5.41, 5.74) is 0. The summed E-state index contributed by atoms with van der Waals surface area (Å²) in [6.45, 7) is 1.70. The summed E-state index contributed by atoms with van der Waals surface area (Å²) in [5.74, 6) is -0.142. The zero-order valence-corrected chi connectivity index (χ0v) is 11.4. The molecule has 1 saturated heterocycles. The third kappa shape index (κ3) is 2.98. The van der Waals surface area contributed by atoms with E-state index in [4.69, 9.17) is 0 Å². The second-order valence-electron chi connectivity index (χ2n) is 3.96. The van der Waals surface area contributed by atoms with Gasteiger partial charge in [-0.25, -0.2) is 0 Å². The van der Waals surface area contributed by atoms with Gasteiger partial charge in [0.25, 0.3) is 5.91 Å². The van der Waals surface area contributed by atoms with E-state index in [1.54, 1.807) is 11.9 Å². The minimum absolute atomic E-state index is 0. The molecule has 6 nitrogen and oxygen atoms in total. The van der Waals surface area contributed by atoms with Gasteiger partial charge < -0.3 is 10.2 Å². The minimum atomic E-state index is -0.474. The van der Waals surface area contributed by atoms with Crippen molar-refractivity contribution in [1.82, 2.24) is 10.2 Å². The molecule has 8 heteroatoms. The minimum Gasteiger partial charge on any atom is -0.337 e. The van der Waals surface area contributed by atoms with Gasteiger partial charge in [0.15, 0.2) is 0 Å². The molecule has 0 spiro atoms. The molecule has 100 valence electrons. The molecule has 1 fully saturated rings. The van der Waals surface area contributed by atoms with Crippen LogP contribution in [0.1, 0.15) is 16.1 Å². The Morgan fingerprint density at radius 3 is 2.83 bits per heavy atom. The third-order valence-electron chi connectivity index (χ3n) is 2.88. The van der Waals surface area contributed by atoms with E-state index in [9.17, 15) is 14.9 Å². The van der Waals surface area contributed by atoms with Crippen molar-refractivity contribution in [3.8, 4) is 0 Å². The molecular formula is C10H14ClN3O3S. The number of hydrogen-bond acceptors (Lipinski definition) is 5. The van der Waals surface area contributed by atoms with E-state index in [0.29, 0.717) is 4.88 Å². The number of carbonyl (C=O) groups is 1. The zero-order chi connectivity index (χ0) is 12.4. The Balaban J connectivity index is 0.00000162. The smallest absolute Gasteiger partial charge is 0.324 e. The lowest BCUT2D eigenvalue weighted by Crippen LogP contribution is -2.37. The third-order valence-corrected chi connectivity index (χ3v) is 3.91. The molecule has 18 heavy (non-hydrogen) atoms. The van der Waals surface area contributed by atoms with Crippen LogP contribution in [0.5, 0.6) is 0 Å². The van der Waals surface area contributed by atoms with Gasteiger partial charge in [-0.2, -0.15) is 0 Å². The number of hydrogen-bond donors (Lipinski definition) is 1. The Bertz CT molecular complexity index is 445. The Morgan fingerprint density at radius 1 is 1.61 bits per heavy atom. The molecule has 2 rings (SSSR count). The molecule has 2 heterocycles. The van der Waals surface area contributed by atoms with Crippen LogP contribution in [0.25, 0.3) is 0 Å². The molecule has 1 aliphatic rings. The lowest BCUT2D eigenvalue weighted by Gasteiger charge is -2.22. The van der Waals surface area contributed by atoms with Gasteiger partial charge in [-0.05, 0) is 19.0 Å². The van der Waals surface area contributed by atoms with Crippen LogP contribution >= 0.6 is 23.7 Å². The summed E-state index contributed by atoms with van der Waals surface area (Å²) in [6, 6.07) is 3.08. The first-order valence-corrected chi connectivity index (χ1v) is 6.13. The van der Waals surface area contributed by atoms with E-state index in [1.807, 2.05) is 0 Å². The van der Waals surface area contributed by atoms with Gasteiger partial charge >= 0.3 is 5.00 Å². The van der Waals surface area contributed by atoms with Crippen LogP contribution < -0.4 is 5.32 Å². The summed E-state index contributed by atoms with van der Waals surface area (Å²) in [6.07, 6.45) is 0.926. The fourth-order valence-corrected chi connectivity index (χ4v) is 2.65. The van der Waals surface area contributed by atoms with Crippen molar-refractivity contribution in [2.45, 2.75) is 12.5 Å². The van der Waals surface area contributed by atoms with Crippen LogP contribution in [-0.2, 0) is 0 Å². The van der Waals surface area contributed by atoms with E-state index >= 15 is 0 Å². The predicted octanol–water partition coefficient (Wildman–Crippen LogP) is 1.51. The average Bonchev–Trinajstić information content (AvgIpc) is 2.97. The van der Waals surface area contributed by atoms with Gasteiger partial charge in [-0.3, -0.25) is 14.9 Å². The number of nitrogens with zero attached hydrogens (tertiary/aromatic N) is 2. The van der Waals surface area contributed by atoms with E-state index in [-0.39, 0.29) is 29.4 Å². The van der Waals surface area contributed by atoms with Crippen LogP contribution in [-0.4, -0.2) is 41.9 Å². The summed E-state index contributed by atoms with van der Waals surface area (Å²) in [5, 5.41) is 13.7. The van der Waals surface area contributed by atoms with Gasteiger partial charge in [0.05, 0.1) is 9.80 Å². The molecule has 1 N–H and O–H groups in total. The van der Waals surface area contributed by atoms with E-state index in [1.165, 1.54) is 12.1 Å². The number of thiophene rings is 1. The highest BCUT2D eigenvalue weighted by molar-refractivity contribution is 7.17. The molecule has 1 atom stereocenters. The van der Waals surface area contributed by atoms with Gasteiger partial charge in [0.1, 0.15) is 0 Å². The van der Waals surface area contributed by atoms with Gasteiger partial charge in [0, 0.05) is 25.7 Å². The number of likely N-dealkylation sites (N-methyl/N-ethyl adjacent to an activating group) is 1. The van der Waals surface area contributed by atoms with Gasteiger partial charge in [0.2, 0.25) is 0 Å². The first-order valence-electron chi connectivity index (χ1n) is 5.31. The van der Waals surface area contributed by atoms with Gasteiger partial charge in [-0.15, -0.1) is 12.4 Å². The molecule has 1 unspecified atom stereocenters. The maximum Gasteiger partial charge on any atom is 0.324 e. The normalized spacial score (nSPS) is 18.2.